The third-order valence-corrected chi connectivity index (χ3v) is 7.76. The van der Waals surface area contributed by atoms with Gasteiger partial charge < -0.3 is 20.9 Å². The summed E-state index contributed by atoms with van der Waals surface area (Å²) in [4.78, 5) is 42.2. The van der Waals surface area contributed by atoms with Crippen molar-refractivity contribution in [2.75, 3.05) is 29.6 Å². The van der Waals surface area contributed by atoms with Crippen molar-refractivity contribution >= 4 is 52.6 Å². The number of nitrogens with zero attached hydrogens (tertiary/aromatic N) is 1. The predicted molar refractivity (Wildman–Crippen MR) is 178 cm³/mol. The summed E-state index contributed by atoms with van der Waals surface area (Å²) < 4.78 is 0. The van der Waals surface area contributed by atoms with Gasteiger partial charge in [-0.15, -0.1) is 11.8 Å². The van der Waals surface area contributed by atoms with Crippen molar-refractivity contribution in [2.24, 2.45) is 0 Å². The Hall–Kier alpha value is -4.82. The van der Waals surface area contributed by atoms with Crippen LogP contribution in [0.4, 0.5) is 17.1 Å². The molecule has 0 heterocycles. The lowest BCUT2D eigenvalue weighted by Crippen LogP contribution is -2.30. The van der Waals surface area contributed by atoms with E-state index >= 15 is 0 Å². The molecule has 3 N–H and O–H groups in total. The summed E-state index contributed by atoms with van der Waals surface area (Å²) in [5.41, 5.74) is 5.79. The summed E-state index contributed by atoms with van der Waals surface area (Å²) >= 11 is 1.39. The molecule has 0 aromatic heterocycles. The molecule has 8 heteroatoms. The molecule has 0 aliphatic rings. The average molecular weight is 593 g/mol. The van der Waals surface area contributed by atoms with Crippen LogP contribution in [0.5, 0.6) is 0 Å². The number of thioether (sulfide) groups is 1. The predicted octanol–water partition coefficient (Wildman–Crippen LogP) is 6.90. The summed E-state index contributed by atoms with van der Waals surface area (Å²) in [6.07, 6.45) is 1.65. The normalized spacial score (nSPS) is 11.8. The van der Waals surface area contributed by atoms with Gasteiger partial charge in [-0.2, -0.15) is 0 Å². The molecule has 0 radical (unpaired) electrons. The number of amides is 3. The number of rotatable bonds is 10. The molecule has 0 saturated carbocycles. The van der Waals surface area contributed by atoms with Crippen molar-refractivity contribution in [3.8, 4) is 0 Å². The third kappa shape index (κ3) is 8.83. The lowest BCUT2D eigenvalue weighted by Gasteiger charge is -2.15. The van der Waals surface area contributed by atoms with Crippen LogP contribution in [0.2, 0.25) is 0 Å². The third-order valence-electron chi connectivity index (χ3n) is 6.66. The number of benzene rings is 4. The molecule has 4 aromatic carbocycles. The van der Waals surface area contributed by atoms with Gasteiger partial charge in [0.2, 0.25) is 5.91 Å². The van der Waals surface area contributed by atoms with Crippen LogP contribution in [-0.2, 0) is 9.59 Å². The van der Waals surface area contributed by atoms with Gasteiger partial charge in [0.05, 0.1) is 5.25 Å². The van der Waals surface area contributed by atoms with E-state index in [1.807, 2.05) is 106 Å². The Balaban J connectivity index is 1.49. The number of nitrogens with one attached hydrogen (secondary N) is 3. The minimum absolute atomic E-state index is 0.103. The fourth-order valence-electron chi connectivity index (χ4n) is 4.27. The molecular weight excluding hydrogens is 556 g/mol. The van der Waals surface area contributed by atoms with Gasteiger partial charge in [-0.05, 0) is 86.5 Å². The highest BCUT2D eigenvalue weighted by Crippen LogP contribution is 2.27. The van der Waals surface area contributed by atoms with E-state index in [2.05, 4.69) is 16.0 Å². The van der Waals surface area contributed by atoms with Gasteiger partial charge in [0.25, 0.3) is 11.8 Å². The quantitative estimate of drug-likeness (QED) is 0.138. The molecule has 4 aromatic rings. The lowest BCUT2D eigenvalue weighted by atomic mass is 10.1. The molecule has 220 valence electrons. The number of carbonyl (C=O) groups is 3. The van der Waals surface area contributed by atoms with Gasteiger partial charge in [-0.1, -0.05) is 54.1 Å². The van der Waals surface area contributed by atoms with Gasteiger partial charge in [0.1, 0.15) is 5.70 Å². The van der Waals surface area contributed by atoms with Crippen LogP contribution in [0.1, 0.15) is 34.0 Å². The van der Waals surface area contributed by atoms with Crippen LogP contribution in [0.25, 0.3) is 6.08 Å². The summed E-state index contributed by atoms with van der Waals surface area (Å²) in [7, 11) is 3.91. The van der Waals surface area contributed by atoms with Gasteiger partial charge in [-0.3, -0.25) is 14.4 Å². The highest BCUT2D eigenvalue weighted by atomic mass is 32.2. The average Bonchev–Trinajstić information content (AvgIpc) is 2.99. The SMILES string of the molecule is Cc1ccc(NC(=O)C(C)Sc2cccc(NC(=O)/C(=C\c3ccc(N(C)C)cc3)NC(=O)c3ccccc3)c2)c(C)c1. The van der Waals surface area contributed by atoms with E-state index in [0.717, 1.165) is 33.0 Å². The van der Waals surface area contributed by atoms with E-state index in [-0.39, 0.29) is 22.8 Å². The second-order valence-corrected chi connectivity index (χ2v) is 11.8. The van der Waals surface area contributed by atoms with Crippen molar-refractivity contribution in [3.63, 3.8) is 0 Å². The van der Waals surface area contributed by atoms with Crippen molar-refractivity contribution in [1.29, 1.82) is 0 Å². The van der Waals surface area contributed by atoms with Gasteiger partial charge in [0, 0.05) is 41.6 Å². The molecular formula is C35H36N4O3S. The fraction of sp³-hybridized carbons (Fsp3) is 0.171. The molecule has 3 amide bonds. The van der Waals surface area contributed by atoms with Crippen LogP contribution >= 0.6 is 11.8 Å². The number of hydrogen-bond donors (Lipinski definition) is 3. The largest absolute Gasteiger partial charge is 0.378 e. The zero-order valence-electron chi connectivity index (χ0n) is 25.0. The maximum atomic E-state index is 13.5. The number of aryl methyl sites for hydroxylation is 2. The highest BCUT2D eigenvalue weighted by molar-refractivity contribution is 8.00. The molecule has 1 unspecified atom stereocenters. The maximum absolute atomic E-state index is 13.5. The number of carbonyl (C=O) groups excluding carboxylic acids is 3. The topological polar surface area (TPSA) is 90.5 Å². The molecule has 1 atom stereocenters. The van der Waals surface area contributed by atoms with Crippen molar-refractivity contribution in [1.82, 2.24) is 5.32 Å². The Morgan fingerprint density at radius 1 is 0.814 bits per heavy atom. The van der Waals surface area contributed by atoms with Crippen LogP contribution in [0.15, 0.2) is 108 Å². The van der Waals surface area contributed by atoms with Crippen LogP contribution in [-0.4, -0.2) is 37.1 Å². The molecule has 0 bridgehead atoms. The molecule has 4 rings (SSSR count). The van der Waals surface area contributed by atoms with Crippen molar-refractivity contribution in [2.45, 2.75) is 30.9 Å². The van der Waals surface area contributed by atoms with Crippen molar-refractivity contribution < 1.29 is 14.4 Å². The van der Waals surface area contributed by atoms with E-state index < -0.39 is 5.91 Å². The molecule has 0 spiro atoms. The maximum Gasteiger partial charge on any atom is 0.272 e. The second-order valence-electron chi connectivity index (χ2n) is 10.4. The first kappa shape index (κ1) is 31.1. The standard InChI is InChI=1S/C35H36N4O3S/c1-23-14-19-31(24(2)20-23)37-33(40)25(3)43-30-13-9-12-28(22-30)36-35(42)32(38-34(41)27-10-7-6-8-11-27)21-26-15-17-29(18-16-26)39(4)5/h6-22,25H,1-5H3,(H,36,42)(H,37,40)(H,38,41)/b32-21+. The first-order valence-electron chi connectivity index (χ1n) is 13.9. The smallest absolute Gasteiger partial charge is 0.272 e. The first-order valence-corrected chi connectivity index (χ1v) is 14.8. The zero-order chi connectivity index (χ0) is 30.9. The number of hydrogen-bond acceptors (Lipinski definition) is 5. The minimum Gasteiger partial charge on any atom is -0.378 e. The van der Waals surface area contributed by atoms with E-state index in [1.54, 1.807) is 36.4 Å². The summed E-state index contributed by atoms with van der Waals surface area (Å²) in [6, 6.07) is 29.6. The Bertz CT molecular complexity index is 1630. The van der Waals surface area contributed by atoms with E-state index in [4.69, 9.17) is 0 Å². The first-order chi connectivity index (χ1) is 20.6. The Labute approximate surface area is 257 Å². The van der Waals surface area contributed by atoms with E-state index in [9.17, 15) is 14.4 Å². The van der Waals surface area contributed by atoms with Crippen LogP contribution in [0.3, 0.4) is 0 Å². The Kier molecular flexibility index (Phi) is 10.4. The zero-order valence-corrected chi connectivity index (χ0v) is 25.8. The molecule has 0 aliphatic carbocycles. The van der Waals surface area contributed by atoms with Gasteiger partial charge in [0.15, 0.2) is 0 Å². The molecule has 0 saturated heterocycles. The van der Waals surface area contributed by atoms with Crippen LogP contribution in [0, 0.1) is 13.8 Å². The van der Waals surface area contributed by atoms with Gasteiger partial charge in [-0.25, -0.2) is 0 Å². The summed E-state index contributed by atoms with van der Waals surface area (Å²) in [5, 5.41) is 8.30. The molecule has 0 fully saturated rings. The highest BCUT2D eigenvalue weighted by Gasteiger charge is 2.18. The van der Waals surface area contributed by atoms with E-state index in [1.165, 1.54) is 11.8 Å². The summed E-state index contributed by atoms with van der Waals surface area (Å²) in [6.45, 7) is 5.83. The minimum atomic E-state index is -0.469. The molecule has 43 heavy (non-hydrogen) atoms. The van der Waals surface area contributed by atoms with E-state index in [0.29, 0.717) is 11.3 Å². The summed E-state index contributed by atoms with van der Waals surface area (Å²) in [5.74, 6) is -0.968. The lowest BCUT2D eigenvalue weighted by molar-refractivity contribution is -0.115. The molecule has 7 nitrogen and oxygen atoms in total. The van der Waals surface area contributed by atoms with Gasteiger partial charge >= 0.3 is 0 Å². The fourth-order valence-corrected chi connectivity index (χ4v) is 5.20. The second kappa shape index (κ2) is 14.4. The monoisotopic (exact) mass is 592 g/mol. The van der Waals surface area contributed by atoms with Crippen molar-refractivity contribution in [3.05, 3.63) is 125 Å². The Morgan fingerprint density at radius 3 is 2.21 bits per heavy atom. The Morgan fingerprint density at radius 2 is 1.53 bits per heavy atom. The molecule has 0 aliphatic heterocycles. The van der Waals surface area contributed by atoms with Crippen LogP contribution < -0.4 is 20.9 Å². The number of anilines is 3.